The molecule has 2 aromatic rings. The number of fused-ring (bicyclic) bond motifs is 1. The Morgan fingerprint density at radius 3 is 2.74 bits per heavy atom. The second kappa shape index (κ2) is 4.89. The van der Waals surface area contributed by atoms with Crippen LogP contribution < -0.4 is 0 Å². The lowest BCUT2D eigenvalue weighted by molar-refractivity contribution is 0.618. The monoisotopic (exact) mass is 276 g/mol. The highest BCUT2D eigenvalue weighted by Crippen LogP contribution is 2.28. The molecule has 1 aliphatic rings. The van der Waals surface area contributed by atoms with Gasteiger partial charge in [-0.3, -0.25) is 0 Å². The molecule has 1 heterocycles. The zero-order chi connectivity index (χ0) is 13.4. The molecule has 0 N–H and O–H groups in total. The number of hydrogen-bond donors (Lipinski definition) is 0. The van der Waals surface area contributed by atoms with E-state index in [1.165, 1.54) is 6.07 Å². The summed E-state index contributed by atoms with van der Waals surface area (Å²) in [6.07, 6.45) is 4.13. The van der Waals surface area contributed by atoms with E-state index in [9.17, 15) is 4.39 Å². The maximum atomic E-state index is 13.6. The average Bonchev–Trinajstić information content (AvgIpc) is 2.42. The highest BCUT2D eigenvalue weighted by molar-refractivity contribution is 6.30. The van der Waals surface area contributed by atoms with Gasteiger partial charge in [-0.25, -0.2) is 14.4 Å². The summed E-state index contributed by atoms with van der Waals surface area (Å²) in [4.78, 5) is 8.87. The van der Waals surface area contributed by atoms with E-state index in [4.69, 9.17) is 11.6 Å². The third-order valence-corrected chi connectivity index (χ3v) is 3.88. The first-order chi connectivity index (χ1) is 9.15. The molecule has 0 saturated heterocycles. The minimum Gasteiger partial charge on any atom is -0.233 e. The van der Waals surface area contributed by atoms with Crippen LogP contribution in [-0.4, -0.2) is 9.97 Å². The van der Waals surface area contributed by atoms with Crippen molar-refractivity contribution in [2.75, 3.05) is 0 Å². The first kappa shape index (κ1) is 12.5. The first-order valence-corrected chi connectivity index (χ1v) is 6.85. The minimum absolute atomic E-state index is 0.241. The summed E-state index contributed by atoms with van der Waals surface area (Å²) in [6.45, 7) is 1.74. The predicted molar refractivity (Wildman–Crippen MR) is 73.8 cm³/mol. The Morgan fingerprint density at radius 2 is 1.95 bits per heavy atom. The Hall–Kier alpha value is -1.48. The summed E-state index contributed by atoms with van der Waals surface area (Å²) in [6, 6.07) is 5.04. The molecular weight excluding hydrogens is 263 g/mol. The average molecular weight is 277 g/mol. The van der Waals surface area contributed by atoms with Crippen LogP contribution in [0.2, 0.25) is 5.15 Å². The molecule has 0 atom stereocenters. The zero-order valence-electron chi connectivity index (χ0n) is 10.7. The molecule has 0 unspecified atom stereocenters. The molecule has 0 bridgehead atoms. The Labute approximate surface area is 116 Å². The van der Waals surface area contributed by atoms with Gasteiger partial charge in [0.15, 0.2) is 5.82 Å². The Kier molecular flexibility index (Phi) is 3.23. The van der Waals surface area contributed by atoms with E-state index in [2.05, 4.69) is 9.97 Å². The molecule has 0 spiro atoms. The molecule has 1 aromatic heterocycles. The van der Waals surface area contributed by atoms with E-state index in [0.717, 1.165) is 36.9 Å². The standard InChI is InChI=1S/C15H14ClFN2/c1-9-6-7-10(8-12(9)17)15-18-13-5-3-2-4-11(13)14(16)19-15/h6-8H,2-5H2,1H3. The van der Waals surface area contributed by atoms with Gasteiger partial charge in [-0.1, -0.05) is 23.7 Å². The van der Waals surface area contributed by atoms with E-state index in [0.29, 0.717) is 22.1 Å². The fraction of sp³-hybridized carbons (Fsp3) is 0.333. The van der Waals surface area contributed by atoms with Crippen LogP contribution in [0, 0.1) is 12.7 Å². The normalized spacial score (nSPS) is 14.3. The van der Waals surface area contributed by atoms with Crippen molar-refractivity contribution in [1.82, 2.24) is 9.97 Å². The van der Waals surface area contributed by atoms with Crippen LogP contribution in [0.5, 0.6) is 0 Å². The van der Waals surface area contributed by atoms with E-state index >= 15 is 0 Å². The van der Waals surface area contributed by atoms with Crippen molar-refractivity contribution < 1.29 is 4.39 Å². The largest absolute Gasteiger partial charge is 0.233 e. The Morgan fingerprint density at radius 1 is 1.16 bits per heavy atom. The van der Waals surface area contributed by atoms with Crippen molar-refractivity contribution >= 4 is 11.6 Å². The quantitative estimate of drug-likeness (QED) is 0.732. The van der Waals surface area contributed by atoms with Crippen LogP contribution in [-0.2, 0) is 12.8 Å². The zero-order valence-corrected chi connectivity index (χ0v) is 11.5. The Balaban J connectivity index is 2.10. The van der Waals surface area contributed by atoms with E-state index in [1.807, 2.05) is 6.07 Å². The van der Waals surface area contributed by atoms with Crippen LogP contribution in [0.4, 0.5) is 4.39 Å². The number of aryl methyl sites for hydroxylation is 2. The number of rotatable bonds is 1. The summed E-state index contributed by atoms with van der Waals surface area (Å²) in [7, 11) is 0. The van der Waals surface area contributed by atoms with Crippen LogP contribution in [0.25, 0.3) is 11.4 Å². The van der Waals surface area contributed by atoms with E-state index < -0.39 is 0 Å². The third kappa shape index (κ3) is 2.35. The molecule has 0 radical (unpaired) electrons. The van der Waals surface area contributed by atoms with Gasteiger partial charge in [-0.05, 0) is 44.2 Å². The predicted octanol–water partition coefficient (Wildman–Crippen LogP) is 4.12. The van der Waals surface area contributed by atoms with Crippen LogP contribution in [0.1, 0.15) is 29.7 Å². The second-order valence-electron chi connectivity index (χ2n) is 4.93. The number of nitrogens with zero attached hydrogens (tertiary/aromatic N) is 2. The minimum atomic E-state index is -0.241. The van der Waals surface area contributed by atoms with Gasteiger partial charge in [-0.2, -0.15) is 0 Å². The number of benzene rings is 1. The van der Waals surface area contributed by atoms with Gasteiger partial charge in [0.1, 0.15) is 11.0 Å². The fourth-order valence-electron chi connectivity index (χ4n) is 2.41. The summed E-state index contributed by atoms with van der Waals surface area (Å²) < 4.78 is 13.6. The Bertz CT molecular complexity index is 640. The molecule has 98 valence electrons. The van der Waals surface area contributed by atoms with Crippen LogP contribution in [0.15, 0.2) is 18.2 Å². The van der Waals surface area contributed by atoms with Gasteiger partial charge in [-0.15, -0.1) is 0 Å². The number of hydrogen-bond acceptors (Lipinski definition) is 2. The lowest BCUT2D eigenvalue weighted by Crippen LogP contribution is -2.08. The van der Waals surface area contributed by atoms with Gasteiger partial charge in [0, 0.05) is 16.8 Å². The van der Waals surface area contributed by atoms with Crippen molar-refractivity contribution in [3.8, 4) is 11.4 Å². The van der Waals surface area contributed by atoms with Crippen LogP contribution in [0.3, 0.4) is 0 Å². The second-order valence-corrected chi connectivity index (χ2v) is 5.29. The molecule has 0 fully saturated rings. The summed E-state index contributed by atoms with van der Waals surface area (Å²) in [5.41, 5.74) is 3.37. The molecule has 1 aromatic carbocycles. The third-order valence-electron chi connectivity index (χ3n) is 3.56. The molecule has 4 heteroatoms. The van der Waals surface area contributed by atoms with E-state index in [1.54, 1.807) is 13.0 Å². The van der Waals surface area contributed by atoms with E-state index in [-0.39, 0.29) is 5.82 Å². The fourth-order valence-corrected chi connectivity index (χ4v) is 2.69. The molecule has 19 heavy (non-hydrogen) atoms. The maximum absolute atomic E-state index is 13.6. The van der Waals surface area contributed by atoms with Crippen molar-refractivity contribution in [3.05, 3.63) is 46.0 Å². The van der Waals surface area contributed by atoms with Gasteiger partial charge in [0.05, 0.1) is 0 Å². The first-order valence-electron chi connectivity index (χ1n) is 6.47. The van der Waals surface area contributed by atoms with Gasteiger partial charge in [0.2, 0.25) is 0 Å². The molecular formula is C15H14ClFN2. The van der Waals surface area contributed by atoms with Crippen LogP contribution >= 0.6 is 11.6 Å². The van der Waals surface area contributed by atoms with Gasteiger partial charge >= 0.3 is 0 Å². The SMILES string of the molecule is Cc1ccc(-c2nc(Cl)c3c(n2)CCCC3)cc1F. The molecule has 0 aliphatic heterocycles. The highest BCUT2D eigenvalue weighted by atomic mass is 35.5. The highest BCUT2D eigenvalue weighted by Gasteiger charge is 2.17. The molecule has 0 amide bonds. The molecule has 3 rings (SSSR count). The lowest BCUT2D eigenvalue weighted by Gasteiger charge is -2.16. The molecule has 2 nitrogen and oxygen atoms in total. The number of halogens is 2. The summed E-state index contributed by atoms with van der Waals surface area (Å²) in [5, 5.41) is 0.515. The smallest absolute Gasteiger partial charge is 0.161 e. The maximum Gasteiger partial charge on any atom is 0.161 e. The lowest BCUT2D eigenvalue weighted by atomic mass is 9.97. The van der Waals surface area contributed by atoms with Gasteiger partial charge in [0.25, 0.3) is 0 Å². The topological polar surface area (TPSA) is 25.8 Å². The summed E-state index contributed by atoms with van der Waals surface area (Å²) >= 11 is 6.22. The number of aromatic nitrogens is 2. The molecule has 0 saturated carbocycles. The van der Waals surface area contributed by atoms with Crippen molar-refractivity contribution in [1.29, 1.82) is 0 Å². The molecule has 1 aliphatic carbocycles. The van der Waals surface area contributed by atoms with Gasteiger partial charge < -0.3 is 0 Å². The van der Waals surface area contributed by atoms with Crippen molar-refractivity contribution in [2.24, 2.45) is 0 Å². The van der Waals surface area contributed by atoms with Crippen molar-refractivity contribution in [2.45, 2.75) is 32.6 Å². The summed E-state index contributed by atoms with van der Waals surface area (Å²) in [5.74, 6) is 0.277. The van der Waals surface area contributed by atoms with Crippen molar-refractivity contribution in [3.63, 3.8) is 0 Å².